The van der Waals surface area contributed by atoms with E-state index in [1.165, 1.54) is 37.6 Å². The van der Waals surface area contributed by atoms with Crippen LogP contribution in [0.4, 0.5) is 5.69 Å². The highest BCUT2D eigenvalue weighted by Crippen LogP contribution is 2.32. The Morgan fingerprint density at radius 1 is 1.38 bits per heavy atom. The number of aromatic carboxylic acids is 1. The number of hydrogen-bond acceptors (Lipinski definition) is 6. The molecule has 8 nitrogen and oxygen atoms in total. The van der Waals surface area contributed by atoms with E-state index in [0.717, 1.165) is 6.07 Å². The molecule has 0 bridgehead atoms. The maximum Gasteiger partial charge on any atom is 0.346 e. The highest BCUT2D eigenvalue weighted by Gasteiger charge is 2.25. The van der Waals surface area contributed by atoms with Crippen molar-refractivity contribution in [1.29, 1.82) is 0 Å². The van der Waals surface area contributed by atoms with Crippen molar-refractivity contribution in [2.75, 3.05) is 7.11 Å². The van der Waals surface area contributed by atoms with E-state index in [9.17, 15) is 14.9 Å². The number of carboxylic acid groups (broad SMARTS) is 1. The zero-order valence-corrected chi connectivity index (χ0v) is 10.8. The smallest absolute Gasteiger partial charge is 0.346 e. The minimum absolute atomic E-state index is 0.134. The molecule has 2 aromatic rings. The minimum atomic E-state index is -1.45. The summed E-state index contributed by atoms with van der Waals surface area (Å²) in [6.07, 6.45) is 1.41. The Morgan fingerprint density at radius 2 is 2.14 bits per heavy atom. The van der Waals surface area contributed by atoms with Crippen molar-refractivity contribution in [2.24, 2.45) is 0 Å². The lowest BCUT2D eigenvalue weighted by atomic mass is 10.1. The van der Waals surface area contributed by atoms with Crippen LogP contribution in [-0.4, -0.2) is 28.1 Å². The summed E-state index contributed by atoms with van der Waals surface area (Å²) < 4.78 is 10.3. The van der Waals surface area contributed by atoms with Crippen LogP contribution in [0.15, 0.2) is 36.5 Å². The van der Waals surface area contributed by atoms with Gasteiger partial charge in [0.15, 0.2) is 5.56 Å². The van der Waals surface area contributed by atoms with Gasteiger partial charge in [-0.2, -0.15) is 0 Å². The fraction of sp³-hybridized carbons (Fsp3) is 0.0769. The number of benzene rings is 1. The van der Waals surface area contributed by atoms with Crippen molar-refractivity contribution in [3.05, 3.63) is 52.2 Å². The summed E-state index contributed by atoms with van der Waals surface area (Å²) in [7, 11) is 1.42. The first-order chi connectivity index (χ1) is 10.0. The fourth-order valence-electron chi connectivity index (χ4n) is 1.67. The second-order valence-corrected chi connectivity index (χ2v) is 3.85. The van der Waals surface area contributed by atoms with Gasteiger partial charge in [-0.25, -0.2) is 9.78 Å². The second kappa shape index (κ2) is 5.87. The van der Waals surface area contributed by atoms with E-state index in [4.69, 9.17) is 14.6 Å². The monoisotopic (exact) mass is 290 g/mol. The lowest BCUT2D eigenvalue weighted by molar-refractivity contribution is -0.385. The number of aromatic nitrogens is 1. The van der Waals surface area contributed by atoms with E-state index >= 15 is 0 Å². The summed E-state index contributed by atoms with van der Waals surface area (Å²) >= 11 is 0. The van der Waals surface area contributed by atoms with E-state index in [-0.39, 0.29) is 17.4 Å². The zero-order valence-electron chi connectivity index (χ0n) is 10.8. The third-order valence-electron chi connectivity index (χ3n) is 2.56. The van der Waals surface area contributed by atoms with Gasteiger partial charge in [0.25, 0.3) is 5.69 Å². The van der Waals surface area contributed by atoms with E-state index in [1.807, 2.05) is 0 Å². The molecule has 0 aliphatic heterocycles. The Hall–Kier alpha value is -3.16. The topological polar surface area (TPSA) is 112 Å². The predicted octanol–water partition coefficient (Wildman–Crippen LogP) is 2.49. The molecule has 0 saturated carbocycles. The molecule has 0 aliphatic carbocycles. The third-order valence-corrected chi connectivity index (χ3v) is 2.56. The van der Waals surface area contributed by atoms with Gasteiger partial charge in [0.05, 0.1) is 12.0 Å². The molecule has 2 rings (SSSR count). The quantitative estimate of drug-likeness (QED) is 0.664. The Kier molecular flexibility index (Phi) is 3.98. The first kappa shape index (κ1) is 14.3. The van der Waals surface area contributed by atoms with Crippen LogP contribution in [0.25, 0.3) is 0 Å². The Labute approximate surface area is 118 Å². The summed E-state index contributed by atoms with van der Waals surface area (Å²) in [4.78, 5) is 25.2. The fourth-order valence-corrected chi connectivity index (χ4v) is 1.67. The molecule has 1 aromatic carbocycles. The Balaban J connectivity index is 2.46. The third kappa shape index (κ3) is 3.06. The summed E-state index contributed by atoms with van der Waals surface area (Å²) in [5.74, 6) is -1.05. The SMILES string of the molecule is COc1cc(Oc2cccc([N+](=O)[O-])c2C(=O)O)ccn1. The van der Waals surface area contributed by atoms with Crippen molar-refractivity contribution >= 4 is 11.7 Å². The standard InChI is InChI=1S/C13H10N2O6/c1-20-11-7-8(5-6-14-11)21-10-4-2-3-9(15(18)19)12(10)13(16)17/h2-7H,1H3,(H,16,17). The van der Waals surface area contributed by atoms with Gasteiger partial charge in [0.2, 0.25) is 5.88 Å². The van der Waals surface area contributed by atoms with Crippen LogP contribution >= 0.6 is 0 Å². The molecule has 1 heterocycles. The van der Waals surface area contributed by atoms with Crippen LogP contribution < -0.4 is 9.47 Å². The number of methoxy groups -OCH3 is 1. The Morgan fingerprint density at radius 3 is 2.76 bits per heavy atom. The number of pyridine rings is 1. The van der Waals surface area contributed by atoms with Crippen molar-refractivity contribution < 1.29 is 24.3 Å². The van der Waals surface area contributed by atoms with Gasteiger partial charge in [-0.15, -0.1) is 0 Å². The first-order valence-electron chi connectivity index (χ1n) is 5.71. The zero-order chi connectivity index (χ0) is 15.4. The molecular weight excluding hydrogens is 280 g/mol. The van der Waals surface area contributed by atoms with Crippen LogP contribution in [-0.2, 0) is 0 Å². The molecule has 1 aromatic heterocycles. The number of rotatable bonds is 5. The summed E-state index contributed by atoms with van der Waals surface area (Å²) in [6, 6.07) is 6.70. The predicted molar refractivity (Wildman–Crippen MR) is 70.9 cm³/mol. The van der Waals surface area contributed by atoms with Gasteiger partial charge < -0.3 is 14.6 Å². The number of nitro groups is 1. The van der Waals surface area contributed by atoms with Gasteiger partial charge in [0, 0.05) is 18.3 Å². The molecule has 0 unspecified atom stereocenters. The van der Waals surface area contributed by atoms with Crippen molar-refractivity contribution in [1.82, 2.24) is 4.98 Å². The molecule has 0 atom stereocenters. The van der Waals surface area contributed by atoms with Crippen LogP contribution in [0.5, 0.6) is 17.4 Å². The van der Waals surface area contributed by atoms with Crippen LogP contribution in [0.3, 0.4) is 0 Å². The molecule has 0 saturated heterocycles. The van der Waals surface area contributed by atoms with Crippen LogP contribution in [0.1, 0.15) is 10.4 Å². The molecule has 0 spiro atoms. The molecule has 1 N–H and O–H groups in total. The maximum absolute atomic E-state index is 11.2. The van der Waals surface area contributed by atoms with E-state index in [1.54, 1.807) is 0 Å². The average Bonchev–Trinajstić information content (AvgIpc) is 2.46. The maximum atomic E-state index is 11.2. The van der Waals surface area contributed by atoms with Crippen LogP contribution in [0, 0.1) is 10.1 Å². The summed E-state index contributed by atoms with van der Waals surface area (Å²) in [5.41, 5.74) is -1.06. The average molecular weight is 290 g/mol. The van der Waals surface area contributed by atoms with Gasteiger partial charge >= 0.3 is 5.97 Å². The number of carbonyl (C=O) groups is 1. The molecule has 0 fully saturated rings. The van der Waals surface area contributed by atoms with E-state index in [0.29, 0.717) is 0 Å². The molecule has 108 valence electrons. The van der Waals surface area contributed by atoms with E-state index in [2.05, 4.69) is 4.98 Å². The number of hydrogen-bond donors (Lipinski definition) is 1. The lowest BCUT2D eigenvalue weighted by Gasteiger charge is -2.09. The number of carboxylic acids is 1. The van der Waals surface area contributed by atoms with Gasteiger partial charge in [-0.05, 0) is 12.1 Å². The van der Waals surface area contributed by atoms with Crippen molar-refractivity contribution in [2.45, 2.75) is 0 Å². The first-order valence-corrected chi connectivity index (χ1v) is 5.71. The molecule has 0 radical (unpaired) electrons. The second-order valence-electron chi connectivity index (χ2n) is 3.85. The lowest BCUT2D eigenvalue weighted by Crippen LogP contribution is -2.05. The number of nitro benzene ring substituents is 1. The Bertz CT molecular complexity index is 701. The highest BCUT2D eigenvalue weighted by molar-refractivity contribution is 5.95. The van der Waals surface area contributed by atoms with Crippen molar-refractivity contribution in [3.8, 4) is 17.4 Å². The minimum Gasteiger partial charge on any atom is -0.481 e. The highest BCUT2D eigenvalue weighted by atomic mass is 16.6. The molecule has 21 heavy (non-hydrogen) atoms. The van der Waals surface area contributed by atoms with Gasteiger partial charge in [-0.3, -0.25) is 10.1 Å². The van der Waals surface area contributed by atoms with Gasteiger partial charge in [-0.1, -0.05) is 6.07 Å². The summed E-state index contributed by atoms with van der Waals surface area (Å²) in [5, 5.41) is 20.0. The van der Waals surface area contributed by atoms with E-state index < -0.39 is 22.1 Å². The molecular formula is C13H10N2O6. The van der Waals surface area contributed by atoms with Crippen molar-refractivity contribution in [3.63, 3.8) is 0 Å². The molecule has 0 amide bonds. The normalized spacial score (nSPS) is 9.95. The molecule has 0 aliphatic rings. The summed E-state index contributed by atoms with van der Waals surface area (Å²) in [6.45, 7) is 0. The largest absolute Gasteiger partial charge is 0.481 e. The number of nitrogens with zero attached hydrogens (tertiary/aromatic N) is 2. The van der Waals surface area contributed by atoms with Crippen LogP contribution in [0.2, 0.25) is 0 Å². The van der Waals surface area contributed by atoms with Gasteiger partial charge in [0.1, 0.15) is 11.5 Å². The molecule has 8 heteroatoms. The number of ether oxygens (including phenoxy) is 2.